The van der Waals surface area contributed by atoms with Crippen LogP contribution in [0.25, 0.3) is 0 Å². The lowest BCUT2D eigenvalue weighted by atomic mass is 9.92. The summed E-state index contributed by atoms with van der Waals surface area (Å²) in [5, 5.41) is 21.7. The molecule has 6 heteroatoms. The zero-order chi connectivity index (χ0) is 18.4. The molecule has 0 atom stereocenters. The summed E-state index contributed by atoms with van der Waals surface area (Å²) in [6.07, 6.45) is 5.44. The average Bonchev–Trinajstić information content (AvgIpc) is 2.68. The first-order chi connectivity index (χ1) is 12.7. The number of ether oxygens (including phenoxy) is 1. The Bertz CT molecular complexity index is 808. The number of nitriles is 1. The molecule has 6 nitrogen and oxygen atoms in total. The second-order valence-corrected chi connectivity index (χ2v) is 6.45. The Morgan fingerprint density at radius 3 is 2.81 bits per heavy atom. The Balaban J connectivity index is 1.48. The normalized spacial score (nSPS) is 19.5. The minimum Gasteiger partial charge on any atom is -0.478 e. The first-order valence-electron chi connectivity index (χ1n) is 8.73. The van der Waals surface area contributed by atoms with Crippen molar-refractivity contribution in [2.75, 3.05) is 0 Å². The van der Waals surface area contributed by atoms with Crippen molar-refractivity contribution in [1.29, 1.82) is 5.26 Å². The summed E-state index contributed by atoms with van der Waals surface area (Å²) in [6, 6.07) is 12.9. The first kappa shape index (κ1) is 17.9. The number of carboxylic acids is 1. The highest BCUT2D eigenvalue weighted by molar-refractivity contribution is 5.87. The van der Waals surface area contributed by atoms with E-state index in [1.165, 1.54) is 0 Å². The van der Waals surface area contributed by atoms with Crippen LogP contribution in [-0.2, 0) is 6.54 Å². The Labute approximate surface area is 152 Å². The van der Waals surface area contributed by atoms with Crippen LogP contribution in [0.15, 0.2) is 42.6 Å². The number of hydrogen-bond donors (Lipinski definition) is 2. The van der Waals surface area contributed by atoms with Crippen LogP contribution < -0.4 is 10.1 Å². The van der Waals surface area contributed by atoms with Gasteiger partial charge in [-0.25, -0.2) is 9.78 Å². The highest BCUT2D eigenvalue weighted by Gasteiger charge is 2.23. The number of nitrogens with one attached hydrogen (secondary N) is 1. The number of benzene rings is 1. The van der Waals surface area contributed by atoms with Gasteiger partial charge in [0.2, 0.25) is 5.88 Å². The van der Waals surface area contributed by atoms with E-state index < -0.39 is 5.97 Å². The highest BCUT2D eigenvalue weighted by Crippen LogP contribution is 2.24. The van der Waals surface area contributed by atoms with Crippen LogP contribution in [0.3, 0.4) is 0 Å². The third-order valence-electron chi connectivity index (χ3n) is 4.61. The van der Waals surface area contributed by atoms with Crippen LogP contribution in [0.5, 0.6) is 5.88 Å². The van der Waals surface area contributed by atoms with Gasteiger partial charge in [-0.2, -0.15) is 5.26 Å². The molecule has 3 rings (SSSR count). The molecule has 0 aliphatic heterocycles. The molecule has 1 saturated carbocycles. The molecule has 0 amide bonds. The fraction of sp³-hybridized carbons (Fsp3) is 0.350. The Hall–Kier alpha value is -2.91. The topological polar surface area (TPSA) is 95.2 Å². The molecule has 1 aromatic carbocycles. The average molecular weight is 351 g/mol. The van der Waals surface area contributed by atoms with Gasteiger partial charge in [0.25, 0.3) is 0 Å². The van der Waals surface area contributed by atoms with Gasteiger partial charge in [0.15, 0.2) is 0 Å². The molecule has 26 heavy (non-hydrogen) atoms. The SMILES string of the molecule is N#Cc1cccnc1OC1CCC(NCc2cccc(C(=O)O)c2)CC1. The van der Waals surface area contributed by atoms with Crippen molar-refractivity contribution in [2.24, 2.45) is 0 Å². The van der Waals surface area contributed by atoms with Crippen molar-refractivity contribution in [3.05, 3.63) is 59.3 Å². The van der Waals surface area contributed by atoms with E-state index in [1.54, 1.807) is 36.5 Å². The standard InChI is InChI=1S/C20H21N3O3/c21-12-16-5-2-10-22-19(16)26-18-8-6-17(7-9-18)23-13-14-3-1-4-15(11-14)20(24)25/h1-5,10-11,17-18,23H,6-9,13H2,(H,24,25). The van der Waals surface area contributed by atoms with Crippen molar-refractivity contribution >= 4 is 5.97 Å². The maximum Gasteiger partial charge on any atom is 0.335 e. The fourth-order valence-electron chi connectivity index (χ4n) is 3.19. The summed E-state index contributed by atoms with van der Waals surface area (Å²) in [4.78, 5) is 15.2. The van der Waals surface area contributed by atoms with E-state index in [0.717, 1.165) is 31.2 Å². The van der Waals surface area contributed by atoms with Crippen LogP contribution in [0.1, 0.15) is 47.2 Å². The number of nitrogens with zero attached hydrogens (tertiary/aromatic N) is 2. The summed E-state index contributed by atoms with van der Waals surface area (Å²) in [5.74, 6) is -0.493. The van der Waals surface area contributed by atoms with E-state index in [9.17, 15) is 4.79 Å². The molecular weight excluding hydrogens is 330 g/mol. The van der Waals surface area contributed by atoms with Gasteiger partial charge in [-0.3, -0.25) is 0 Å². The van der Waals surface area contributed by atoms with Crippen LogP contribution in [0.2, 0.25) is 0 Å². The van der Waals surface area contributed by atoms with E-state index in [4.69, 9.17) is 15.1 Å². The van der Waals surface area contributed by atoms with E-state index in [0.29, 0.717) is 29.6 Å². The van der Waals surface area contributed by atoms with E-state index in [-0.39, 0.29) is 6.10 Å². The quantitative estimate of drug-likeness (QED) is 0.830. The molecular formula is C20H21N3O3. The summed E-state index contributed by atoms with van der Waals surface area (Å²) in [7, 11) is 0. The molecule has 1 aromatic heterocycles. The van der Waals surface area contributed by atoms with Crippen molar-refractivity contribution in [3.8, 4) is 11.9 Å². The second kappa shape index (κ2) is 8.45. The highest BCUT2D eigenvalue weighted by atomic mass is 16.5. The van der Waals surface area contributed by atoms with Crippen molar-refractivity contribution in [1.82, 2.24) is 10.3 Å². The minimum atomic E-state index is -0.907. The number of hydrogen-bond acceptors (Lipinski definition) is 5. The van der Waals surface area contributed by atoms with Crippen molar-refractivity contribution in [3.63, 3.8) is 0 Å². The number of aromatic carboxylic acids is 1. The van der Waals surface area contributed by atoms with E-state index in [2.05, 4.69) is 16.4 Å². The number of carboxylic acid groups (broad SMARTS) is 1. The Kier molecular flexibility index (Phi) is 5.82. The van der Waals surface area contributed by atoms with Crippen LogP contribution in [-0.4, -0.2) is 28.2 Å². The molecule has 0 spiro atoms. The maximum absolute atomic E-state index is 11.0. The molecule has 1 fully saturated rings. The molecule has 2 aromatic rings. The van der Waals surface area contributed by atoms with Gasteiger partial charge in [0, 0.05) is 18.8 Å². The van der Waals surface area contributed by atoms with Crippen molar-refractivity contribution < 1.29 is 14.6 Å². The molecule has 1 heterocycles. The summed E-state index contributed by atoms with van der Waals surface area (Å²) in [5.41, 5.74) is 1.74. The molecule has 1 aliphatic rings. The third-order valence-corrected chi connectivity index (χ3v) is 4.61. The van der Waals surface area contributed by atoms with Gasteiger partial charge < -0.3 is 15.2 Å². The number of pyridine rings is 1. The largest absolute Gasteiger partial charge is 0.478 e. The van der Waals surface area contributed by atoms with Gasteiger partial charge in [-0.1, -0.05) is 12.1 Å². The lowest BCUT2D eigenvalue weighted by molar-refractivity contribution is 0.0696. The lowest BCUT2D eigenvalue weighted by Crippen LogP contribution is -2.36. The molecule has 0 unspecified atom stereocenters. The number of rotatable bonds is 6. The second-order valence-electron chi connectivity index (χ2n) is 6.45. The summed E-state index contributed by atoms with van der Waals surface area (Å²) >= 11 is 0. The molecule has 0 radical (unpaired) electrons. The Morgan fingerprint density at radius 2 is 2.08 bits per heavy atom. The predicted octanol–water partition coefficient (Wildman–Crippen LogP) is 3.13. The number of carbonyl (C=O) groups is 1. The van der Waals surface area contributed by atoms with Gasteiger partial charge in [-0.05, 0) is 55.5 Å². The smallest absolute Gasteiger partial charge is 0.335 e. The van der Waals surface area contributed by atoms with E-state index in [1.807, 2.05) is 6.07 Å². The summed E-state index contributed by atoms with van der Waals surface area (Å²) in [6.45, 7) is 0.649. The lowest BCUT2D eigenvalue weighted by Gasteiger charge is -2.29. The zero-order valence-corrected chi connectivity index (χ0v) is 14.4. The van der Waals surface area contributed by atoms with Gasteiger partial charge in [0.05, 0.1) is 5.56 Å². The molecule has 1 aliphatic carbocycles. The zero-order valence-electron chi connectivity index (χ0n) is 14.4. The predicted molar refractivity (Wildman–Crippen MR) is 95.9 cm³/mol. The van der Waals surface area contributed by atoms with Crippen LogP contribution in [0.4, 0.5) is 0 Å². The van der Waals surface area contributed by atoms with E-state index >= 15 is 0 Å². The van der Waals surface area contributed by atoms with Crippen molar-refractivity contribution in [2.45, 2.75) is 44.4 Å². The molecule has 2 N–H and O–H groups in total. The molecule has 0 bridgehead atoms. The van der Waals surface area contributed by atoms with Gasteiger partial charge in [-0.15, -0.1) is 0 Å². The van der Waals surface area contributed by atoms with Gasteiger partial charge >= 0.3 is 5.97 Å². The Morgan fingerprint density at radius 1 is 1.27 bits per heavy atom. The maximum atomic E-state index is 11.0. The fourth-order valence-corrected chi connectivity index (χ4v) is 3.19. The third kappa shape index (κ3) is 4.58. The number of aromatic nitrogens is 1. The summed E-state index contributed by atoms with van der Waals surface area (Å²) < 4.78 is 5.90. The monoisotopic (exact) mass is 351 g/mol. The first-order valence-corrected chi connectivity index (χ1v) is 8.73. The molecule has 134 valence electrons. The molecule has 0 saturated heterocycles. The van der Waals surface area contributed by atoms with Gasteiger partial charge in [0.1, 0.15) is 17.7 Å². The minimum absolute atomic E-state index is 0.0744. The van der Waals surface area contributed by atoms with Crippen LogP contribution in [0, 0.1) is 11.3 Å². The van der Waals surface area contributed by atoms with Crippen LogP contribution >= 0.6 is 0 Å².